The maximum absolute atomic E-state index is 5.76. The summed E-state index contributed by atoms with van der Waals surface area (Å²) in [5, 5.41) is 3.46. The van der Waals surface area contributed by atoms with Crippen molar-refractivity contribution in [3.8, 4) is 11.8 Å². The van der Waals surface area contributed by atoms with E-state index in [2.05, 4.69) is 24.1 Å². The van der Waals surface area contributed by atoms with Gasteiger partial charge in [0.15, 0.2) is 0 Å². The number of nitrogens with one attached hydrogen (secondary N) is 1. The van der Waals surface area contributed by atoms with Crippen molar-refractivity contribution >= 4 is 0 Å². The van der Waals surface area contributed by atoms with Gasteiger partial charge in [-0.05, 0) is 32.7 Å². The fourth-order valence-electron chi connectivity index (χ4n) is 1.89. The minimum atomic E-state index is 0.379. The molecule has 14 heavy (non-hydrogen) atoms. The van der Waals surface area contributed by atoms with E-state index in [0.29, 0.717) is 12.1 Å². The van der Waals surface area contributed by atoms with E-state index in [0.717, 1.165) is 19.6 Å². The van der Waals surface area contributed by atoms with Gasteiger partial charge in [0.2, 0.25) is 0 Å². The molecule has 0 spiro atoms. The van der Waals surface area contributed by atoms with Gasteiger partial charge in [-0.3, -0.25) is 0 Å². The van der Waals surface area contributed by atoms with Gasteiger partial charge in [-0.2, -0.15) is 0 Å². The summed E-state index contributed by atoms with van der Waals surface area (Å²) < 4.78 is 5.76. The second-order valence-corrected chi connectivity index (χ2v) is 3.70. The molecule has 1 fully saturated rings. The van der Waals surface area contributed by atoms with Gasteiger partial charge in [-0.1, -0.05) is 6.92 Å². The predicted octanol–water partition coefficient (Wildman–Crippen LogP) is 1.95. The normalized spacial score (nSPS) is 23.7. The Labute approximate surface area is 87.4 Å². The third-order valence-electron chi connectivity index (χ3n) is 2.63. The quantitative estimate of drug-likeness (QED) is 0.692. The molecule has 0 aliphatic carbocycles. The van der Waals surface area contributed by atoms with Crippen LogP contribution in [0.25, 0.3) is 0 Å². The van der Waals surface area contributed by atoms with Gasteiger partial charge in [-0.15, -0.1) is 11.8 Å². The lowest BCUT2D eigenvalue weighted by molar-refractivity contribution is -0.00610. The Morgan fingerprint density at radius 2 is 2.36 bits per heavy atom. The Hall–Kier alpha value is -0.520. The highest BCUT2D eigenvalue weighted by molar-refractivity contribution is 5.00. The molecule has 1 rings (SSSR count). The first-order chi connectivity index (χ1) is 6.88. The number of hydrogen-bond acceptors (Lipinski definition) is 2. The maximum atomic E-state index is 5.76. The molecule has 0 aromatic rings. The molecule has 0 saturated carbocycles. The fourth-order valence-corrected chi connectivity index (χ4v) is 1.89. The van der Waals surface area contributed by atoms with Gasteiger partial charge in [-0.25, -0.2) is 0 Å². The van der Waals surface area contributed by atoms with Crippen molar-refractivity contribution in [2.75, 3.05) is 13.2 Å². The van der Waals surface area contributed by atoms with Crippen molar-refractivity contribution in [1.82, 2.24) is 5.32 Å². The van der Waals surface area contributed by atoms with Crippen LogP contribution in [0.4, 0.5) is 0 Å². The predicted molar refractivity (Wildman–Crippen MR) is 59.1 cm³/mol. The molecule has 1 aliphatic rings. The fraction of sp³-hybridized carbons (Fsp3) is 0.833. The molecule has 1 heterocycles. The van der Waals surface area contributed by atoms with E-state index >= 15 is 0 Å². The third-order valence-corrected chi connectivity index (χ3v) is 2.63. The molecule has 0 aromatic carbocycles. The van der Waals surface area contributed by atoms with Crippen LogP contribution in [0.15, 0.2) is 0 Å². The zero-order valence-electron chi connectivity index (χ0n) is 9.31. The lowest BCUT2D eigenvalue weighted by Gasteiger charge is -2.29. The van der Waals surface area contributed by atoms with Crippen LogP contribution in [0.5, 0.6) is 0 Å². The summed E-state index contributed by atoms with van der Waals surface area (Å²) in [4.78, 5) is 0. The Bertz CT molecular complexity index is 198. The molecule has 1 saturated heterocycles. The van der Waals surface area contributed by atoms with Crippen molar-refractivity contribution < 1.29 is 4.74 Å². The minimum absolute atomic E-state index is 0.379. The first-order valence-corrected chi connectivity index (χ1v) is 5.63. The van der Waals surface area contributed by atoms with Crippen LogP contribution in [0, 0.1) is 11.8 Å². The van der Waals surface area contributed by atoms with Crippen molar-refractivity contribution in [2.45, 2.75) is 51.7 Å². The Kier molecular flexibility index (Phi) is 5.66. The first kappa shape index (κ1) is 11.6. The lowest BCUT2D eigenvalue weighted by atomic mass is 10.00. The van der Waals surface area contributed by atoms with Crippen molar-refractivity contribution in [2.24, 2.45) is 0 Å². The van der Waals surface area contributed by atoms with E-state index in [1.807, 2.05) is 6.92 Å². The number of rotatable bonds is 4. The molecule has 2 nitrogen and oxygen atoms in total. The second-order valence-electron chi connectivity index (χ2n) is 3.70. The van der Waals surface area contributed by atoms with Gasteiger partial charge >= 0.3 is 0 Å². The van der Waals surface area contributed by atoms with E-state index < -0.39 is 0 Å². The molecule has 0 amide bonds. The largest absolute Gasteiger partial charge is 0.377 e. The summed E-state index contributed by atoms with van der Waals surface area (Å²) in [5.74, 6) is 6.09. The van der Waals surface area contributed by atoms with Crippen LogP contribution in [0.3, 0.4) is 0 Å². The second kappa shape index (κ2) is 6.86. The average Bonchev–Trinajstić information content (AvgIpc) is 2.25. The van der Waals surface area contributed by atoms with E-state index in [1.54, 1.807) is 0 Å². The van der Waals surface area contributed by atoms with Crippen LogP contribution in [0.1, 0.15) is 39.5 Å². The van der Waals surface area contributed by atoms with Crippen molar-refractivity contribution in [3.63, 3.8) is 0 Å². The Morgan fingerprint density at radius 3 is 2.93 bits per heavy atom. The summed E-state index contributed by atoms with van der Waals surface area (Å²) in [5.41, 5.74) is 0. The van der Waals surface area contributed by atoms with Crippen LogP contribution in [-0.2, 0) is 4.74 Å². The minimum Gasteiger partial charge on any atom is -0.377 e. The third kappa shape index (κ3) is 3.69. The summed E-state index contributed by atoms with van der Waals surface area (Å²) in [6.45, 7) is 5.95. The van der Waals surface area contributed by atoms with Crippen LogP contribution in [-0.4, -0.2) is 25.3 Å². The van der Waals surface area contributed by atoms with Gasteiger partial charge in [0.05, 0.1) is 6.10 Å². The molecule has 2 heteroatoms. The first-order valence-electron chi connectivity index (χ1n) is 5.63. The summed E-state index contributed by atoms with van der Waals surface area (Å²) >= 11 is 0. The summed E-state index contributed by atoms with van der Waals surface area (Å²) in [7, 11) is 0. The summed E-state index contributed by atoms with van der Waals surface area (Å²) in [6, 6.07) is 0.424. The highest BCUT2D eigenvalue weighted by Gasteiger charge is 2.22. The van der Waals surface area contributed by atoms with E-state index in [4.69, 9.17) is 4.74 Å². The van der Waals surface area contributed by atoms with Crippen LogP contribution >= 0.6 is 0 Å². The van der Waals surface area contributed by atoms with Crippen LogP contribution < -0.4 is 5.32 Å². The molecule has 1 aliphatic heterocycles. The molecule has 0 aromatic heterocycles. The molecule has 0 bridgehead atoms. The molecule has 2 atom stereocenters. The topological polar surface area (TPSA) is 21.3 Å². The zero-order chi connectivity index (χ0) is 10.2. The smallest absolute Gasteiger partial charge is 0.0737 e. The highest BCUT2D eigenvalue weighted by Crippen LogP contribution is 2.17. The van der Waals surface area contributed by atoms with E-state index in [-0.39, 0.29) is 0 Å². The maximum Gasteiger partial charge on any atom is 0.0737 e. The highest BCUT2D eigenvalue weighted by atomic mass is 16.5. The van der Waals surface area contributed by atoms with Crippen molar-refractivity contribution in [3.05, 3.63) is 0 Å². The monoisotopic (exact) mass is 195 g/mol. The molecular formula is C12H21NO. The molecule has 2 unspecified atom stereocenters. The number of likely N-dealkylation sites (N-methyl/N-ethyl adjacent to an activating group) is 1. The molecule has 80 valence electrons. The Morgan fingerprint density at radius 1 is 1.50 bits per heavy atom. The Balaban J connectivity index is 2.40. The number of hydrogen-bond donors (Lipinski definition) is 1. The molecule has 1 N–H and O–H groups in total. The molecular weight excluding hydrogens is 174 g/mol. The van der Waals surface area contributed by atoms with Gasteiger partial charge < -0.3 is 10.1 Å². The van der Waals surface area contributed by atoms with Gasteiger partial charge in [0.25, 0.3) is 0 Å². The SMILES string of the molecule is CC#CCC(NCC)C1CCCCO1. The van der Waals surface area contributed by atoms with E-state index in [1.165, 1.54) is 19.3 Å². The zero-order valence-corrected chi connectivity index (χ0v) is 9.31. The molecule has 0 radical (unpaired) electrons. The van der Waals surface area contributed by atoms with Gasteiger partial charge in [0.1, 0.15) is 0 Å². The van der Waals surface area contributed by atoms with Crippen molar-refractivity contribution in [1.29, 1.82) is 0 Å². The average molecular weight is 195 g/mol. The summed E-state index contributed by atoms with van der Waals surface area (Å²) in [6.07, 6.45) is 4.99. The number of ether oxygens (including phenoxy) is 1. The lowest BCUT2D eigenvalue weighted by Crippen LogP contribution is -2.42. The van der Waals surface area contributed by atoms with Crippen LogP contribution in [0.2, 0.25) is 0 Å². The standard InChI is InChI=1S/C12H21NO/c1-3-5-8-11(13-4-2)12-9-6-7-10-14-12/h11-13H,4,6-10H2,1-2H3. The van der Waals surface area contributed by atoms with Gasteiger partial charge in [0, 0.05) is 19.1 Å². The van der Waals surface area contributed by atoms with E-state index in [9.17, 15) is 0 Å².